The van der Waals surface area contributed by atoms with Crippen LogP contribution in [0.5, 0.6) is 0 Å². The monoisotopic (exact) mass is 237 g/mol. The highest BCUT2D eigenvalue weighted by Gasteiger charge is 2.32. The second kappa shape index (κ2) is 5.51. The molecule has 17 heavy (non-hydrogen) atoms. The van der Waals surface area contributed by atoms with Crippen molar-refractivity contribution < 1.29 is 4.79 Å². The molecule has 0 N–H and O–H groups in total. The van der Waals surface area contributed by atoms with Gasteiger partial charge in [-0.25, -0.2) is 0 Å². The number of likely N-dealkylation sites (tertiary alicyclic amines) is 1. The maximum Gasteiger partial charge on any atom is 0.138 e. The van der Waals surface area contributed by atoms with E-state index in [1.54, 1.807) is 0 Å². The van der Waals surface area contributed by atoms with Gasteiger partial charge in [-0.15, -0.1) is 0 Å². The number of carbonyl (C=O) groups excluding carboxylic acids is 1. The Morgan fingerprint density at radius 2 is 1.76 bits per heavy atom. The number of hydrogen-bond donors (Lipinski definition) is 0. The fourth-order valence-electron chi connectivity index (χ4n) is 3.37. The molecule has 2 fully saturated rings. The van der Waals surface area contributed by atoms with Crippen LogP contribution in [0.1, 0.15) is 52.9 Å². The zero-order valence-electron chi connectivity index (χ0n) is 11.6. The molecule has 0 spiro atoms. The minimum absolute atomic E-state index is 0.242. The summed E-state index contributed by atoms with van der Waals surface area (Å²) in [5.74, 6) is 2.52. The Labute approximate surface area is 106 Å². The first-order valence-electron chi connectivity index (χ1n) is 7.34. The van der Waals surface area contributed by atoms with Crippen LogP contribution < -0.4 is 0 Å². The predicted octanol–water partition coefficient (Wildman–Crippen LogP) is 3.11. The summed E-state index contributed by atoms with van der Waals surface area (Å²) in [6.07, 6.45) is 6.37. The first kappa shape index (κ1) is 13.1. The third-order valence-electron chi connectivity index (χ3n) is 5.08. The molecule has 2 heteroatoms. The quantitative estimate of drug-likeness (QED) is 0.735. The molecular weight excluding hydrogens is 210 g/mol. The lowest BCUT2D eigenvalue weighted by molar-refractivity contribution is -0.128. The molecule has 2 rings (SSSR count). The summed E-state index contributed by atoms with van der Waals surface area (Å²) >= 11 is 0. The van der Waals surface area contributed by atoms with Crippen molar-refractivity contribution in [3.63, 3.8) is 0 Å². The van der Waals surface area contributed by atoms with Gasteiger partial charge in [0.05, 0.1) is 0 Å². The fourth-order valence-corrected chi connectivity index (χ4v) is 3.37. The number of hydrogen-bond acceptors (Lipinski definition) is 2. The van der Waals surface area contributed by atoms with Gasteiger partial charge in [-0.3, -0.25) is 9.69 Å². The molecule has 0 bridgehead atoms. The minimum Gasteiger partial charge on any atom is -0.299 e. The second-order valence-electron chi connectivity index (χ2n) is 6.37. The van der Waals surface area contributed by atoms with E-state index in [1.165, 1.54) is 32.2 Å². The van der Waals surface area contributed by atoms with Crippen molar-refractivity contribution in [2.24, 2.45) is 17.8 Å². The Bertz CT molecular complexity index is 268. The van der Waals surface area contributed by atoms with Crippen LogP contribution in [0.2, 0.25) is 0 Å². The number of rotatable bonds is 2. The molecule has 2 aliphatic rings. The number of nitrogens with zero attached hydrogens (tertiary/aromatic N) is 1. The highest BCUT2D eigenvalue weighted by Crippen LogP contribution is 2.30. The molecule has 0 aromatic heterocycles. The predicted molar refractivity (Wildman–Crippen MR) is 70.9 cm³/mol. The van der Waals surface area contributed by atoms with Crippen LogP contribution >= 0.6 is 0 Å². The molecule has 98 valence electrons. The van der Waals surface area contributed by atoms with Crippen molar-refractivity contribution in [1.29, 1.82) is 0 Å². The van der Waals surface area contributed by atoms with Crippen molar-refractivity contribution in [2.45, 2.75) is 58.9 Å². The molecule has 2 atom stereocenters. The van der Waals surface area contributed by atoms with Gasteiger partial charge in [-0.2, -0.15) is 0 Å². The maximum atomic E-state index is 11.7. The molecule has 0 aromatic rings. The molecule has 0 amide bonds. The van der Waals surface area contributed by atoms with Crippen molar-refractivity contribution in [2.75, 3.05) is 13.1 Å². The van der Waals surface area contributed by atoms with E-state index < -0.39 is 0 Å². The summed E-state index contributed by atoms with van der Waals surface area (Å²) in [4.78, 5) is 14.2. The van der Waals surface area contributed by atoms with E-state index in [0.29, 0.717) is 11.8 Å². The molecule has 1 saturated carbocycles. The molecule has 2 unspecified atom stereocenters. The average Bonchev–Trinajstić information content (AvgIpc) is 2.33. The number of ketones is 1. The third kappa shape index (κ3) is 3.09. The Balaban J connectivity index is 1.84. The van der Waals surface area contributed by atoms with Crippen LogP contribution in [0.25, 0.3) is 0 Å². The van der Waals surface area contributed by atoms with Gasteiger partial charge in [0, 0.05) is 31.5 Å². The summed E-state index contributed by atoms with van der Waals surface area (Å²) in [5.41, 5.74) is 0. The van der Waals surface area contributed by atoms with E-state index in [-0.39, 0.29) is 5.92 Å². The van der Waals surface area contributed by atoms with Crippen LogP contribution in [-0.4, -0.2) is 29.8 Å². The van der Waals surface area contributed by atoms with E-state index >= 15 is 0 Å². The lowest BCUT2D eigenvalue weighted by atomic mass is 9.81. The molecule has 1 aliphatic carbocycles. The zero-order chi connectivity index (χ0) is 12.4. The summed E-state index contributed by atoms with van der Waals surface area (Å²) in [6.45, 7) is 8.93. The molecule has 1 aliphatic heterocycles. The Morgan fingerprint density at radius 3 is 2.41 bits per heavy atom. The van der Waals surface area contributed by atoms with Gasteiger partial charge in [0.2, 0.25) is 0 Å². The van der Waals surface area contributed by atoms with E-state index in [4.69, 9.17) is 0 Å². The fraction of sp³-hybridized carbons (Fsp3) is 0.933. The summed E-state index contributed by atoms with van der Waals surface area (Å²) < 4.78 is 0. The summed E-state index contributed by atoms with van der Waals surface area (Å²) in [7, 11) is 0. The zero-order valence-corrected chi connectivity index (χ0v) is 11.6. The van der Waals surface area contributed by atoms with Crippen molar-refractivity contribution >= 4 is 5.78 Å². The van der Waals surface area contributed by atoms with Gasteiger partial charge in [0.1, 0.15) is 5.78 Å². The van der Waals surface area contributed by atoms with Gasteiger partial charge in [0.25, 0.3) is 0 Å². The smallest absolute Gasteiger partial charge is 0.138 e. The molecule has 0 aromatic carbocycles. The molecular formula is C15H27NO. The highest BCUT2D eigenvalue weighted by atomic mass is 16.1. The molecule has 1 saturated heterocycles. The Hall–Kier alpha value is -0.370. The molecule has 1 heterocycles. The van der Waals surface area contributed by atoms with Gasteiger partial charge in [-0.1, -0.05) is 26.7 Å². The summed E-state index contributed by atoms with van der Waals surface area (Å²) in [5, 5.41) is 0. The lowest BCUT2D eigenvalue weighted by Crippen LogP contribution is -2.48. The molecule has 2 nitrogen and oxygen atoms in total. The Morgan fingerprint density at radius 1 is 1.12 bits per heavy atom. The normalized spacial score (nSPS) is 40.5. The first-order chi connectivity index (χ1) is 8.08. The van der Waals surface area contributed by atoms with Gasteiger partial charge < -0.3 is 0 Å². The van der Waals surface area contributed by atoms with Crippen LogP contribution in [-0.2, 0) is 4.79 Å². The number of piperidine rings is 1. The highest BCUT2D eigenvalue weighted by molar-refractivity contribution is 5.82. The Kier molecular flexibility index (Phi) is 4.24. The van der Waals surface area contributed by atoms with E-state index in [0.717, 1.165) is 24.8 Å². The average molecular weight is 237 g/mol. The topological polar surface area (TPSA) is 20.3 Å². The number of carbonyl (C=O) groups is 1. The van der Waals surface area contributed by atoms with Gasteiger partial charge in [0.15, 0.2) is 0 Å². The number of Topliss-reactive ketones (excluding diaryl/α,β-unsaturated/α-hetero) is 1. The van der Waals surface area contributed by atoms with Crippen LogP contribution in [0, 0.1) is 17.8 Å². The summed E-state index contributed by atoms with van der Waals surface area (Å²) in [6, 6.07) is 0.454. The minimum atomic E-state index is 0.242. The lowest BCUT2D eigenvalue weighted by Gasteiger charge is -2.40. The van der Waals surface area contributed by atoms with E-state index in [9.17, 15) is 4.79 Å². The van der Waals surface area contributed by atoms with Gasteiger partial charge >= 0.3 is 0 Å². The SMILES string of the molecule is CC1CCC(CN2CCC(=O)C(C)C2C)CC1. The van der Waals surface area contributed by atoms with E-state index in [1.807, 2.05) is 0 Å². The van der Waals surface area contributed by atoms with Crippen molar-refractivity contribution in [1.82, 2.24) is 4.90 Å². The van der Waals surface area contributed by atoms with Crippen LogP contribution in [0.15, 0.2) is 0 Å². The van der Waals surface area contributed by atoms with Crippen LogP contribution in [0.4, 0.5) is 0 Å². The largest absolute Gasteiger partial charge is 0.299 e. The second-order valence-corrected chi connectivity index (χ2v) is 6.37. The maximum absolute atomic E-state index is 11.7. The van der Waals surface area contributed by atoms with Crippen LogP contribution in [0.3, 0.4) is 0 Å². The third-order valence-corrected chi connectivity index (χ3v) is 5.08. The van der Waals surface area contributed by atoms with Crippen molar-refractivity contribution in [3.05, 3.63) is 0 Å². The van der Waals surface area contributed by atoms with Crippen molar-refractivity contribution in [3.8, 4) is 0 Å². The standard InChI is InChI=1S/C15H27NO/c1-11-4-6-14(7-5-11)10-16-9-8-15(17)12(2)13(16)3/h11-14H,4-10H2,1-3H3. The first-order valence-corrected chi connectivity index (χ1v) is 7.34. The molecule has 0 radical (unpaired) electrons. The van der Waals surface area contributed by atoms with E-state index in [2.05, 4.69) is 25.7 Å². The van der Waals surface area contributed by atoms with Gasteiger partial charge in [-0.05, 0) is 31.6 Å².